The summed E-state index contributed by atoms with van der Waals surface area (Å²) in [6, 6.07) is 4.43. The minimum atomic E-state index is -1.22. The lowest BCUT2D eigenvalue weighted by molar-refractivity contribution is -0.142. The first kappa shape index (κ1) is 31.5. The van der Waals surface area contributed by atoms with Gasteiger partial charge < -0.3 is 38.3 Å². The molecule has 1 aromatic carbocycles. The number of aliphatic carboxylic acids is 1. The average molecular weight is 521 g/mol. The molecule has 0 aromatic heterocycles. The van der Waals surface area contributed by atoms with E-state index in [1.165, 1.54) is 0 Å². The highest BCUT2D eigenvalue weighted by molar-refractivity contribution is 5.94. The molecule has 37 heavy (non-hydrogen) atoms. The van der Waals surface area contributed by atoms with Gasteiger partial charge in [-0.15, -0.1) is 0 Å². The normalized spacial score (nSPS) is 14.2. The zero-order valence-corrected chi connectivity index (χ0v) is 21.4. The third-order valence-corrected chi connectivity index (χ3v) is 5.81. The summed E-state index contributed by atoms with van der Waals surface area (Å²) in [6.07, 6.45) is 1.03. The molecule has 0 heterocycles. The van der Waals surface area contributed by atoms with E-state index in [2.05, 4.69) is 16.0 Å². The van der Waals surface area contributed by atoms with Crippen molar-refractivity contribution in [2.24, 2.45) is 23.1 Å². The number of unbranched alkanes of at least 4 members (excludes halogenated alkanes) is 1. The molecule has 206 valence electrons. The summed E-state index contributed by atoms with van der Waals surface area (Å²) >= 11 is 0. The van der Waals surface area contributed by atoms with Gasteiger partial charge in [-0.2, -0.15) is 0 Å². The quantitative estimate of drug-likeness (QED) is 0.128. The second-order valence-corrected chi connectivity index (χ2v) is 9.27. The van der Waals surface area contributed by atoms with Gasteiger partial charge in [0.2, 0.25) is 23.6 Å². The van der Waals surface area contributed by atoms with E-state index >= 15 is 0 Å². The molecule has 0 fully saturated rings. The molecular weight excluding hydrogens is 480 g/mol. The van der Waals surface area contributed by atoms with Crippen molar-refractivity contribution >= 4 is 29.6 Å². The highest BCUT2D eigenvalue weighted by atomic mass is 16.4. The number of hydrogen-bond donors (Lipinski definition) is 7. The van der Waals surface area contributed by atoms with Crippen molar-refractivity contribution in [3.63, 3.8) is 0 Å². The fraction of sp³-hybridized carbons (Fsp3) is 0.560. The summed E-state index contributed by atoms with van der Waals surface area (Å²) in [5, 5.41) is 17.3. The minimum absolute atomic E-state index is 0.0514. The van der Waals surface area contributed by atoms with Crippen LogP contribution in [0.15, 0.2) is 30.3 Å². The maximum Gasteiger partial charge on any atom is 0.326 e. The minimum Gasteiger partial charge on any atom is -0.480 e. The van der Waals surface area contributed by atoms with Gasteiger partial charge in [0.15, 0.2) is 0 Å². The number of hydrogen-bond acceptors (Lipinski definition) is 7. The Morgan fingerprint density at radius 2 is 1.38 bits per heavy atom. The van der Waals surface area contributed by atoms with Gasteiger partial charge in [-0.1, -0.05) is 44.2 Å². The van der Waals surface area contributed by atoms with E-state index < -0.39 is 53.8 Å². The van der Waals surface area contributed by atoms with E-state index in [1.54, 1.807) is 44.2 Å². The number of carbonyl (C=O) groups is 5. The molecule has 4 unspecified atom stereocenters. The van der Waals surface area contributed by atoms with Crippen LogP contribution < -0.4 is 33.2 Å². The molecule has 1 aromatic rings. The average Bonchev–Trinajstić information content (AvgIpc) is 2.85. The van der Waals surface area contributed by atoms with Crippen molar-refractivity contribution < 1.29 is 29.1 Å². The second-order valence-electron chi connectivity index (χ2n) is 9.27. The van der Waals surface area contributed by atoms with Gasteiger partial charge in [-0.25, -0.2) is 4.79 Å². The standard InChI is InChI=1S/C25H40N6O6/c1-15(2)21(28)24(35)30-18(11-12-20(27)32)23(34)29-17(10-6-7-13-26)22(33)31-19(25(36)37)14-16-8-4-3-5-9-16/h3-5,8-9,15,17-19,21H,6-7,10-14,26,28H2,1-2H3,(H2,27,32)(H,29,34)(H,30,35)(H,31,33)(H,36,37). The van der Waals surface area contributed by atoms with Crippen molar-refractivity contribution in [1.29, 1.82) is 0 Å². The van der Waals surface area contributed by atoms with Crippen LogP contribution in [-0.2, 0) is 30.4 Å². The molecule has 0 aliphatic rings. The van der Waals surface area contributed by atoms with E-state index in [0.29, 0.717) is 19.4 Å². The Kier molecular flexibility index (Phi) is 13.9. The molecular formula is C25H40N6O6. The van der Waals surface area contributed by atoms with Crippen LogP contribution in [0.3, 0.4) is 0 Å². The largest absolute Gasteiger partial charge is 0.480 e. The topological polar surface area (TPSA) is 220 Å². The highest BCUT2D eigenvalue weighted by Crippen LogP contribution is 2.08. The predicted octanol–water partition coefficient (Wildman–Crippen LogP) is -0.854. The van der Waals surface area contributed by atoms with Crippen LogP contribution in [0.25, 0.3) is 0 Å². The molecule has 0 bridgehead atoms. The van der Waals surface area contributed by atoms with E-state index in [-0.39, 0.29) is 31.6 Å². The van der Waals surface area contributed by atoms with E-state index in [9.17, 15) is 29.1 Å². The molecule has 10 N–H and O–H groups in total. The van der Waals surface area contributed by atoms with E-state index in [0.717, 1.165) is 5.56 Å². The van der Waals surface area contributed by atoms with Crippen LogP contribution >= 0.6 is 0 Å². The number of nitrogens with two attached hydrogens (primary N) is 3. The predicted molar refractivity (Wildman–Crippen MR) is 138 cm³/mol. The smallest absolute Gasteiger partial charge is 0.326 e. The maximum absolute atomic E-state index is 13.1. The number of nitrogens with one attached hydrogen (secondary N) is 3. The molecule has 0 saturated carbocycles. The third-order valence-electron chi connectivity index (χ3n) is 5.81. The number of amides is 4. The van der Waals surface area contributed by atoms with Gasteiger partial charge in [-0.05, 0) is 43.7 Å². The fourth-order valence-electron chi connectivity index (χ4n) is 3.48. The lowest BCUT2D eigenvalue weighted by Gasteiger charge is -2.25. The Bertz CT molecular complexity index is 910. The van der Waals surface area contributed by atoms with Gasteiger partial charge in [0.05, 0.1) is 6.04 Å². The molecule has 0 spiro atoms. The fourth-order valence-corrected chi connectivity index (χ4v) is 3.48. The second kappa shape index (κ2) is 16.3. The first-order chi connectivity index (χ1) is 17.5. The van der Waals surface area contributed by atoms with Crippen LogP contribution in [0.5, 0.6) is 0 Å². The van der Waals surface area contributed by atoms with Crippen LogP contribution in [0.1, 0.15) is 51.5 Å². The first-order valence-corrected chi connectivity index (χ1v) is 12.4. The number of rotatable bonds is 17. The zero-order valence-electron chi connectivity index (χ0n) is 21.4. The summed E-state index contributed by atoms with van der Waals surface area (Å²) in [5.74, 6) is -4.08. The summed E-state index contributed by atoms with van der Waals surface area (Å²) in [6.45, 7) is 3.86. The van der Waals surface area contributed by atoms with Crippen molar-refractivity contribution in [3.05, 3.63) is 35.9 Å². The third kappa shape index (κ3) is 11.8. The van der Waals surface area contributed by atoms with Crippen molar-refractivity contribution in [2.45, 2.75) is 76.5 Å². The number of carboxylic acid groups (broad SMARTS) is 1. The van der Waals surface area contributed by atoms with Crippen molar-refractivity contribution in [3.8, 4) is 0 Å². The number of benzene rings is 1. The van der Waals surface area contributed by atoms with Gasteiger partial charge in [0.25, 0.3) is 0 Å². The van der Waals surface area contributed by atoms with E-state index in [1.807, 2.05) is 0 Å². The zero-order chi connectivity index (χ0) is 28.0. The van der Waals surface area contributed by atoms with Crippen molar-refractivity contribution in [1.82, 2.24) is 16.0 Å². The lowest BCUT2D eigenvalue weighted by Crippen LogP contribution is -2.57. The summed E-state index contributed by atoms with van der Waals surface area (Å²) in [4.78, 5) is 61.8. The molecule has 4 atom stereocenters. The molecule has 0 aliphatic heterocycles. The Morgan fingerprint density at radius 3 is 1.89 bits per heavy atom. The lowest BCUT2D eigenvalue weighted by atomic mass is 10.0. The molecule has 0 saturated heterocycles. The number of carbonyl (C=O) groups excluding carboxylic acids is 4. The Hall–Kier alpha value is -3.51. The van der Waals surface area contributed by atoms with Crippen molar-refractivity contribution in [2.75, 3.05) is 6.54 Å². The van der Waals surface area contributed by atoms with Crippen LogP contribution in [0.2, 0.25) is 0 Å². The molecule has 12 nitrogen and oxygen atoms in total. The van der Waals surface area contributed by atoms with Gasteiger partial charge >= 0.3 is 5.97 Å². The van der Waals surface area contributed by atoms with Gasteiger partial charge in [0.1, 0.15) is 18.1 Å². The first-order valence-electron chi connectivity index (χ1n) is 12.4. The number of carboxylic acids is 1. The monoisotopic (exact) mass is 520 g/mol. The summed E-state index contributed by atoms with van der Waals surface area (Å²) in [5.41, 5.74) is 17.4. The van der Waals surface area contributed by atoms with E-state index in [4.69, 9.17) is 17.2 Å². The summed E-state index contributed by atoms with van der Waals surface area (Å²) in [7, 11) is 0. The molecule has 0 aliphatic carbocycles. The Labute approximate surface area is 217 Å². The van der Waals surface area contributed by atoms with Crippen LogP contribution in [-0.4, -0.2) is 65.4 Å². The maximum atomic E-state index is 13.1. The molecule has 1 rings (SSSR count). The van der Waals surface area contributed by atoms with Crippen LogP contribution in [0, 0.1) is 5.92 Å². The van der Waals surface area contributed by atoms with Gasteiger partial charge in [-0.3, -0.25) is 19.2 Å². The number of primary amides is 1. The SMILES string of the molecule is CC(C)C(N)C(=O)NC(CCC(N)=O)C(=O)NC(CCCCN)C(=O)NC(Cc1ccccc1)C(=O)O. The summed E-state index contributed by atoms with van der Waals surface area (Å²) < 4.78 is 0. The Morgan fingerprint density at radius 1 is 0.838 bits per heavy atom. The van der Waals surface area contributed by atoms with Crippen LogP contribution in [0.4, 0.5) is 0 Å². The molecule has 12 heteroatoms. The molecule has 4 amide bonds. The molecule has 0 radical (unpaired) electrons. The Balaban J connectivity index is 3.04. The van der Waals surface area contributed by atoms with Gasteiger partial charge in [0, 0.05) is 12.8 Å². The highest BCUT2D eigenvalue weighted by Gasteiger charge is 2.30.